The van der Waals surface area contributed by atoms with Gasteiger partial charge in [-0.25, -0.2) is 0 Å². The van der Waals surface area contributed by atoms with Crippen LogP contribution in [0, 0.1) is 0 Å². The molecule has 0 spiro atoms. The standard InChI is InChI=1S/C27H22O7/c1-3-32-26(31)27(2,25(29)30)17-13-14-23-20(15-17)21(28)16-24(34-23)19-11-7-8-12-22(19)33-18-9-5-4-6-10-18/h4-16H,3H2,1-2H3,(H,29,30). The maximum Gasteiger partial charge on any atom is 0.327 e. The lowest BCUT2D eigenvalue weighted by Crippen LogP contribution is -2.42. The van der Waals surface area contributed by atoms with Crippen LogP contribution in [0.15, 0.2) is 88.1 Å². The van der Waals surface area contributed by atoms with Crippen molar-refractivity contribution in [1.82, 2.24) is 0 Å². The highest BCUT2D eigenvalue weighted by molar-refractivity contribution is 6.05. The number of benzene rings is 3. The molecule has 1 atom stereocenters. The number of rotatable bonds is 7. The van der Waals surface area contributed by atoms with Crippen LogP contribution in [0.4, 0.5) is 0 Å². The van der Waals surface area contributed by atoms with E-state index >= 15 is 0 Å². The van der Waals surface area contributed by atoms with Gasteiger partial charge < -0.3 is 19.0 Å². The third-order valence-electron chi connectivity index (χ3n) is 5.54. The minimum Gasteiger partial charge on any atom is -0.480 e. The van der Waals surface area contributed by atoms with Gasteiger partial charge in [0.25, 0.3) is 0 Å². The van der Waals surface area contributed by atoms with E-state index in [1.54, 1.807) is 25.1 Å². The lowest BCUT2D eigenvalue weighted by molar-refractivity contribution is -0.160. The maximum absolute atomic E-state index is 13.0. The highest BCUT2D eigenvalue weighted by Gasteiger charge is 2.45. The SMILES string of the molecule is CCOC(=O)C(C)(C(=O)O)c1ccc2oc(-c3ccccc3Oc3ccccc3)cc(=O)c2c1. The van der Waals surface area contributed by atoms with Gasteiger partial charge in [-0.15, -0.1) is 0 Å². The molecule has 34 heavy (non-hydrogen) atoms. The molecule has 172 valence electrons. The molecule has 4 rings (SSSR count). The van der Waals surface area contributed by atoms with Crippen molar-refractivity contribution < 1.29 is 28.6 Å². The van der Waals surface area contributed by atoms with Crippen molar-refractivity contribution in [2.75, 3.05) is 6.61 Å². The van der Waals surface area contributed by atoms with Crippen LogP contribution in [0.2, 0.25) is 0 Å². The summed E-state index contributed by atoms with van der Waals surface area (Å²) in [4.78, 5) is 37.4. The second-order valence-electron chi connectivity index (χ2n) is 7.75. The van der Waals surface area contributed by atoms with Crippen LogP contribution in [0.1, 0.15) is 19.4 Å². The normalized spacial score (nSPS) is 12.6. The highest BCUT2D eigenvalue weighted by atomic mass is 16.5. The topological polar surface area (TPSA) is 103 Å². The van der Waals surface area contributed by atoms with Crippen molar-refractivity contribution >= 4 is 22.9 Å². The first-order chi connectivity index (χ1) is 16.3. The fourth-order valence-electron chi connectivity index (χ4n) is 3.58. The van der Waals surface area contributed by atoms with E-state index in [9.17, 15) is 19.5 Å². The van der Waals surface area contributed by atoms with Gasteiger partial charge in [0.2, 0.25) is 0 Å². The van der Waals surface area contributed by atoms with E-state index in [4.69, 9.17) is 13.9 Å². The van der Waals surface area contributed by atoms with Crippen LogP contribution in [-0.4, -0.2) is 23.7 Å². The van der Waals surface area contributed by atoms with Crippen molar-refractivity contribution in [2.45, 2.75) is 19.3 Å². The largest absolute Gasteiger partial charge is 0.480 e. The Kier molecular flexibility index (Phi) is 6.19. The summed E-state index contributed by atoms with van der Waals surface area (Å²) in [6.45, 7) is 2.88. The molecule has 0 aliphatic heterocycles. The van der Waals surface area contributed by atoms with E-state index in [1.807, 2.05) is 36.4 Å². The molecule has 1 heterocycles. The summed E-state index contributed by atoms with van der Waals surface area (Å²) >= 11 is 0. The second-order valence-corrected chi connectivity index (χ2v) is 7.75. The third-order valence-corrected chi connectivity index (χ3v) is 5.54. The number of fused-ring (bicyclic) bond motifs is 1. The second kappa shape index (κ2) is 9.23. The Balaban J connectivity index is 1.79. The molecule has 0 radical (unpaired) electrons. The van der Waals surface area contributed by atoms with Crippen LogP contribution in [0.5, 0.6) is 11.5 Å². The van der Waals surface area contributed by atoms with Crippen molar-refractivity contribution in [3.05, 3.63) is 94.6 Å². The monoisotopic (exact) mass is 458 g/mol. The molecule has 7 heteroatoms. The molecule has 3 aromatic carbocycles. The predicted octanol–water partition coefficient (Wildman–Crippen LogP) is 5.16. The fourth-order valence-corrected chi connectivity index (χ4v) is 3.58. The summed E-state index contributed by atoms with van der Waals surface area (Å²) in [5, 5.41) is 9.90. The van der Waals surface area contributed by atoms with Crippen molar-refractivity contribution in [2.24, 2.45) is 0 Å². The van der Waals surface area contributed by atoms with Crippen LogP contribution in [0.25, 0.3) is 22.3 Å². The quantitative estimate of drug-likeness (QED) is 0.301. The summed E-state index contributed by atoms with van der Waals surface area (Å²) < 4.78 is 16.9. The van der Waals surface area contributed by atoms with E-state index in [0.29, 0.717) is 22.8 Å². The number of esters is 1. The number of carbonyl (C=O) groups is 2. The summed E-state index contributed by atoms with van der Waals surface area (Å²) in [6, 6.07) is 22.0. The van der Waals surface area contributed by atoms with E-state index in [2.05, 4.69) is 0 Å². The Bertz CT molecular complexity index is 1420. The number of carbonyl (C=O) groups excluding carboxylic acids is 1. The molecular formula is C27H22O7. The highest BCUT2D eigenvalue weighted by Crippen LogP contribution is 2.35. The first-order valence-corrected chi connectivity index (χ1v) is 10.7. The average Bonchev–Trinajstić information content (AvgIpc) is 2.84. The first-order valence-electron chi connectivity index (χ1n) is 10.7. The minimum absolute atomic E-state index is 0.0330. The number of ether oxygens (including phenoxy) is 2. The van der Waals surface area contributed by atoms with Gasteiger partial charge in [0.05, 0.1) is 17.6 Å². The summed E-state index contributed by atoms with van der Waals surface area (Å²) in [5.74, 6) is -0.848. The lowest BCUT2D eigenvalue weighted by Gasteiger charge is -2.23. The van der Waals surface area contributed by atoms with Gasteiger partial charge in [0.1, 0.15) is 22.8 Å². The van der Waals surface area contributed by atoms with Crippen LogP contribution >= 0.6 is 0 Å². The molecule has 0 aliphatic carbocycles. The molecule has 0 bridgehead atoms. The minimum atomic E-state index is -1.97. The number of carboxylic acids is 1. The van der Waals surface area contributed by atoms with E-state index in [0.717, 1.165) is 0 Å². The smallest absolute Gasteiger partial charge is 0.327 e. The molecule has 7 nitrogen and oxygen atoms in total. The van der Waals surface area contributed by atoms with Crippen LogP contribution in [-0.2, 0) is 19.7 Å². The summed E-state index contributed by atoms with van der Waals surface area (Å²) in [6.07, 6.45) is 0. The fraction of sp³-hybridized carbons (Fsp3) is 0.148. The maximum atomic E-state index is 13.0. The van der Waals surface area contributed by atoms with Crippen LogP contribution in [0.3, 0.4) is 0 Å². The van der Waals surface area contributed by atoms with Gasteiger partial charge in [-0.1, -0.05) is 36.4 Å². The molecule has 0 saturated carbocycles. The first kappa shape index (κ1) is 22.8. The van der Waals surface area contributed by atoms with Gasteiger partial charge >= 0.3 is 11.9 Å². The Morgan fingerprint density at radius 1 is 0.971 bits per heavy atom. The summed E-state index contributed by atoms with van der Waals surface area (Å²) in [5.41, 5.74) is -1.40. The van der Waals surface area contributed by atoms with Gasteiger partial charge in [0.15, 0.2) is 10.8 Å². The molecular weight excluding hydrogens is 436 g/mol. The predicted molar refractivity (Wildman–Crippen MR) is 126 cm³/mol. The molecule has 4 aromatic rings. The Morgan fingerprint density at radius 3 is 2.38 bits per heavy atom. The molecule has 0 aliphatic rings. The number of aliphatic carboxylic acids is 1. The molecule has 1 aromatic heterocycles. The molecule has 0 fully saturated rings. The molecule has 0 amide bonds. The Labute approximate surface area is 195 Å². The third kappa shape index (κ3) is 4.15. The summed E-state index contributed by atoms with van der Waals surface area (Å²) in [7, 11) is 0. The zero-order valence-corrected chi connectivity index (χ0v) is 18.6. The van der Waals surface area contributed by atoms with E-state index in [-0.39, 0.29) is 28.6 Å². The lowest BCUT2D eigenvalue weighted by atomic mass is 9.82. The number of para-hydroxylation sites is 2. The van der Waals surface area contributed by atoms with E-state index < -0.39 is 17.4 Å². The van der Waals surface area contributed by atoms with Gasteiger partial charge in [0, 0.05) is 6.07 Å². The molecule has 1 N–H and O–H groups in total. The number of carboxylic acid groups (broad SMARTS) is 1. The zero-order chi connectivity index (χ0) is 24.3. The number of hydrogen-bond acceptors (Lipinski definition) is 6. The van der Waals surface area contributed by atoms with Crippen LogP contribution < -0.4 is 10.2 Å². The van der Waals surface area contributed by atoms with Gasteiger partial charge in [-0.3, -0.25) is 14.4 Å². The zero-order valence-electron chi connectivity index (χ0n) is 18.6. The van der Waals surface area contributed by atoms with E-state index in [1.165, 1.54) is 31.2 Å². The van der Waals surface area contributed by atoms with Gasteiger partial charge in [-0.2, -0.15) is 0 Å². The van der Waals surface area contributed by atoms with Crippen molar-refractivity contribution in [3.63, 3.8) is 0 Å². The van der Waals surface area contributed by atoms with Crippen molar-refractivity contribution in [1.29, 1.82) is 0 Å². The molecule has 0 saturated heterocycles. The Hall–Kier alpha value is -4.39. The van der Waals surface area contributed by atoms with Crippen molar-refractivity contribution in [3.8, 4) is 22.8 Å². The van der Waals surface area contributed by atoms with Gasteiger partial charge in [-0.05, 0) is 55.8 Å². The molecule has 1 unspecified atom stereocenters. The number of hydrogen-bond donors (Lipinski definition) is 1. The average molecular weight is 458 g/mol. The Morgan fingerprint density at radius 2 is 1.68 bits per heavy atom.